The topological polar surface area (TPSA) is 23.8 Å². The van der Waals surface area contributed by atoms with Gasteiger partial charge >= 0.3 is 0 Å². The van der Waals surface area contributed by atoms with E-state index in [1.807, 2.05) is 13.0 Å². The second-order valence-corrected chi connectivity index (χ2v) is 0.629. The van der Waals surface area contributed by atoms with Gasteiger partial charge in [-0.3, -0.25) is 0 Å². The molecule has 0 heterocycles. The molecule has 0 aromatic rings. The number of hydrogen-bond donors (Lipinski definition) is 0. The predicted molar refractivity (Wildman–Crippen MR) is 26.2 cm³/mol. The fourth-order valence-electron chi connectivity index (χ4n) is 0.0745. The summed E-state index contributed by atoms with van der Waals surface area (Å²) in [7, 11) is 0. The number of nitrogens with zero attached hydrogens (tertiary/aromatic N) is 1. The summed E-state index contributed by atoms with van der Waals surface area (Å²) in [6.45, 7) is 1.81. The van der Waals surface area contributed by atoms with Crippen LogP contribution in [0.4, 0.5) is 0 Å². The summed E-state index contributed by atoms with van der Waals surface area (Å²) in [6, 6.07) is 1.84. The Hall–Kier alpha value is 0.230. The third-order valence-electron chi connectivity index (χ3n) is 0.241. The molecular weight excluding hydrogens is 85.0 g/mol. The van der Waals surface area contributed by atoms with Crippen molar-refractivity contribution >= 4 is 29.6 Å². The molecule has 1 nitrogen and oxygen atoms in total. The fourth-order valence-corrected chi connectivity index (χ4v) is 0.0745. The first-order valence-corrected chi connectivity index (χ1v) is 1.42. The van der Waals surface area contributed by atoms with Crippen LogP contribution in [0.2, 0.25) is 0 Å². The summed E-state index contributed by atoms with van der Waals surface area (Å²) in [5.41, 5.74) is 0. The van der Waals surface area contributed by atoms with Gasteiger partial charge in [-0.15, -0.1) is 0 Å². The van der Waals surface area contributed by atoms with Crippen LogP contribution in [-0.4, -0.2) is 29.6 Å². The van der Waals surface area contributed by atoms with Gasteiger partial charge in [0.25, 0.3) is 0 Å². The molecule has 0 spiro atoms. The van der Waals surface area contributed by atoms with Crippen molar-refractivity contribution < 1.29 is 0 Å². The maximum Gasteiger partial charge on any atom is 0.0908 e. The van der Waals surface area contributed by atoms with Crippen LogP contribution in [0.5, 0.6) is 0 Å². The van der Waals surface area contributed by atoms with E-state index in [1.54, 1.807) is 6.08 Å². The zero-order chi connectivity index (χ0) is 4.12. The minimum atomic E-state index is 0. The third-order valence-corrected chi connectivity index (χ3v) is 0.241. The first-order chi connectivity index (χ1) is 2.41. The van der Waals surface area contributed by atoms with Crippen molar-refractivity contribution in [1.29, 1.82) is 5.26 Å². The molecule has 1 radical (unpaired) electrons. The summed E-state index contributed by atoms with van der Waals surface area (Å²) < 4.78 is 0. The second kappa shape index (κ2) is 8.97. The molecule has 27 valence electrons. The first kappa shape index (κ1) is 9.52. The number of hydrogen-bond acceptors (Lipinski definition) is 1. The SMILES string of the molecule is CC=CC#N.[Na]. The summed E-state index contributed by atoms with van der Waals surface area (Å²) in [4.78, 5) is 0. The quantitative estimate of drug-likeness (QED) is 0.317. The minimum absolute atomic E-state index is 0. The van der Waals surface area contributed by atoms with Crippen molar-refractivity contribution in [3.8, 4) is 6.07 Å². The van der Waals surface area contributed by atoms with Crippen molar-refractivity contribution in [3.05, 3.63) is 12.2 Å². The average molecular weight is 90.1 g/mol. The summed E-state index contributed by atoms with van der Waals surface area (Å²) in [5.74, 6) is 0. The molecule has 0 saturated heterocycles. The molecule has 0 aliphatic carbocycles. The van der Waals surface area contributed by atoms with Gasteiger partial charge in [0.15, 0.2) is 0 Å². The van der Waals surface area contributed by atoms with Gasteiger partial charge in [0.1, 0.15) is 0 Å². The van der Waals surface area contributed by atoms with E-state index in [1.165, 1.54) is 6.08 Å². The first-order valence-electron chi connectivity index (χ1n) is 1.42. The van der Waals surface area contributed by atoms with Gasteiger partial charge in [-0.1, -0.05) is 6.08 Å². The molecule has 0 aromatic heterocycles. The molecule has 2 heteroatoms. The molecule has 0 bridgehead atoms. The van der Waals surface area contributed by atoms with E-state index >= 15 is 0 Å². The van der Waals surface area contributed by atoms with Crippen molar-refractivity contribution in [2.45, 2.75) is 6.92 Å². The van der Waals surface area contributed by atoms with E-state index < -0.39 is 0 Å². The molecule has 0 saturated carbocycles. The van der Waals surface area contributed by atoms with Crippen LogP contribution in [0.15, 0.2) is 12.2 Å². The molecule has 0 fully saturated rings. The monoisotopic (exact) mass is 90.0 g/mol. The summed E-state index contributed by atoms with van der Waals surface area (Å²) in [6.07, 6.45) is 3.12. The normalized spacial score (nSPS) is 6.67. The van der Waals surface area contributed by atoms with Gasteiger partial charge in [-0.2, -0.15) is 5.26 Å². The van der Waals surface area contributed by atoms with Crippen molar-refractivity contribution in [1.82, 2.24) is 0 Å². The average Bonchev–Trinajstić information content (AvgIpc) is 1.41. The molecular formula is C4H5NNa. The van der Waals surface area contributed by atoms with Crippen molar-refractivity contribution in [2.75, 3.05) is 0 Å². The molecule has 6 heavy (non-hydrogen) atoms. The zero-order valence-electron chi connectivity index (χ0n) is 4.10. The van der Waals surface area contributed by atoms with Gasteiger partial charge in [0.05, 0.1) is 6.07 Å². The van der Waals surface area contributed by atoms with E-state index in [2.05, 4.69) is 0 Å². The Bertz CT molecular complexity index is 70.1. The van der Waals surface area contributed by atoms with E-state index in [0.717, 1.165) is 0 Å². The molecule has 0 atom stereocenters. The van der Waals surface area contributed by atoms with Gasteiger partial charge in [-0.25, -0.2) is 0 Å². The van der Waals surface area contributed by atoms with Crippen LogP contribution < -0.4 is 0 Å². The van der Waals surface area contributed by atoms with Gasteiger partial charge in [0, 0.05) is 35.6 Å². The maximum atomic E-state index is 7.73. The van der Waals surface area contributed by atoms with Crippen molar-refractivity contribution in [2.24, 2.45) is 0 Å². The van der Waals surface area contributed by atoms with Gasteiger partial charge in [-0.05, 0) is 6.92 Å². The van der Waals surface area contributed by atoms with Crippen LogP contribution >= 0.6 is 0 Å². The standard InChI is InChI=1S/C4H5N.Na/c1-2-3-4-5;/h2-3H,1H3;. The summed E-state index contributed by atoms with van der Waals surface area (Å²) in [5, 5.41) is 7.73. The van der Waals surface area contributed by atoms with Crippen LogP contribution in [-0.2, 0) is 0 Å². The van der Waals surface area contributed by atoms with Crippen LogP contribution in [0.3, 0.4) is 0 Å². The third kappa shape index (κ3) is 8.87. The number of rotatable bonds is 0. The maximum absolute atomic E-state index is 7.73. The Labute approximate surface area is 60.0 Å². The van der Waals surface area contributed by atoms with E-state index in [0.29, 0.717) is 0 Å². The van der Waals surface area contributed by atoms with Crippen LogP contribution in [0.25, 0.3) is 0 Å². The number of allylic oxidation sites excluding steroid dienone is 2. The Morgan fingerprint density at radius 2 is 2.17 bits per heavy atom. The fraction of sp³-hybridized carbons (Fsp3) is 0.250. The molecule has 0 aliphatic rings. The predicted octanol–water partition coefficient (Wildman–Crippen LogP) is 0.705. The Morgan fingerprint density at radius 1 is 1.67 bits per heavy atom. The summed E-state index contributed by atoms with van der Waals surface area (Å²) >= 11 is 0. The molecule has 0 aromatic carbocycles. The Balaban J connectivity index is 0. The smallest absolute Gasteiger partial charge is 0.0908 e. The van der Waals surface area contributed by atoms with Gasteiger partial charge in [0.2, 0.25) is 0 Å². The van der Waals surface area contributed by atoms with E-state index in [9.17, 15) is 0 Å². The minimum Gasteiger partial charge on any atom is -0.193 e. The Kier molecular flexibility index (Phi) is 14.2. The van der Waals surface area contributed by atoms with Crippen LogP contribution in [0, 0.1) is 11.3 Å². The number of nitriles is 1. The molecule has 0 rings (SSSR count). The zero-order valence-corrected chi connectivity index (χ0v) is 6.10. The second-order valence-electron chi connectivity index (χ2n) is 0.629. The van der Waals surface area contributed by atoms with E-state index in [4.69, 9.17) is 5.26 Å². The van der Waals surface area contributed by atoms with E-state index in [-0.39, 0.29) is 29.6 Å². The largest absolute Gasteiger partial charge is 0.193 e. The molecule has 0 amide bonds. The molecule has 0 unspecified atom stereocenters. The molecule has 0 aliphatic heterocycles. The van der Waals surface area contributed by atoms with Crippen molar-refractivity contribution in [3.63, 3.8) is 0 Å². The Morgan fingerprint density at radius 3 is 2.17 bits per heavy atom. The van der Waals surface area contributed by atoms with Crippen LogP contribution in [0.1, 0.15) is 6.92 Å². The van der Waals surface area contributed by atoms with Gasteiger partial charge < -0.3 is 0 Å². The molecule has 0 N–H and O–H groups in total.